The van der Waals surface area contributed by atoms with E-state index in [0.717, 1.165) is 12.8 Å². The van der Waals surface area contributed by atoms with E-state index in [4.69, 9.17) is 14.7 Å². The van der Waals surface area contributed by atoms with E-state index in [1.54, 1.807) is 0 Å². The van der Waals surface area contributed by atoms with E-state index in [2.05, 4.69) is 5.32 Å². The number of phenols is 1. The number of hydrogen-bond donors (Lipinski definition) is 2. The van der Waals surface area contributed by atoms with Crippen molar-refractivity contribution < 1.29 is 19.4 Å². The Hall–Kier alpha value is -2.68. The van der Waals surface area contributed by atoms with Gasteiger partial charge < -0.3 is 19.9 Å². The van der Waals surface area contributed by atoms with Crippen molar-refractivity contribution in [3.63, 3.8) is 0 Å². The summed E-state index contributed by atoms with van der Waals surface area (Å²) in [5.41, 5.74) is 0.528. The Morgan fingerprint density at radius 1 is 1.38 bits per heavy atom. The van der Waals surface area contributed by atoms with Gasteiger partial charge in [-0.05, 0) is 36.6 Å². The first-order valence-electron chi connectivity index (χ1n) is 6.46. The number of carbonyl (C=O) groups excluding carboxylic acids is 1. The first-order chi connectivity index (χ1) is 10.1. The van der Waals surface area contributed by atoms with Crippen molar-refractivity contribution >= 4 is 12.0 Å². The third-order valence-corrected chi connectivity index (χ3v) is 3.09. The fourth-order valence-corrected chi connectivity index (χ4v) is 1.80. The summed E-state index contributed by atoms with van der Waals surface area (Å²) in [5, 5.41) is 21.7. The average molecular weight is 288 g/mol. The molecule has 1 aromatic carbocycles. The minimum absolute atomic E-state index is 0.00306. The summed E-state index contributed by atoms with van der Waals surface area (Å²) in [4.78, 5) is 11.9. The number of nitrogens with one attached hydrogen (secondary N) is 1. The smallest absolute Gasteiger partial charge is 0.262 e. The molecule has 0 spiro atoms. The molecule has 1 aliphatic rings. The molecule has 0 aromatic heterocycles. The second-order valence-electron chi connectivity index (χ2n) is 4.69. The van der Waals surface area contributed by atoms with Gasteiger partial charge in [0.25, 0.3) is 5.91 Å². The highest BCUT2D eigenvalue weighted by molar-refractivity contribution is 6.02. The zero-order valence-electron chi connectivity index (χ0n) is 11.8. The molecular formula is C15H16N2O4. The number of ether oxygens (including phenoxy) is 2. The highest BCUT2D eigenvalue weighted by Crippen LogP contribution is 2.37. The van der Waals surface area contributed by atoms with E-state index in [9.17, 15) is 9.90 Å². The standard InChI is InChI=1S/C15H16N2O4/c1-20-12-6-9(7-13(21-2)14(12)18)5-10(8-16)15(19)17-11-3-4-11/h5-7,11,18H,3-4H2,1-2H3,(H,17,19). The lowest BCUT2D eigenvalue weighted by atomic mass is 10.1. The molecule has 1 amide bonds. The molecule has 1 saturated carbocycles. The zero-order valence-corrected chi connectivity index (χ0v) is 11.8. The van der Waals surface area contributed by atoms with Crippen LogP contribution in [-0.2, 0) is 4.79 Å². The van der Waals surface area contributed by atoms with Crippen molar-refractivity contribution in [2.75, 3.05) is 14.2 Å². The van der Waals surface area contributed by atoms with Crippen LogP contribution in [0.5, 0.6) is 17.2 Å². The van der Waals surface area contributed by atoms with Gasteiger partial charge in [0.1, 0.15) is 11.6 Å². The van der Waals surface area contributed by atoms with Crippen LogP contribution in [-0.4, -0.2) is 31.3 Å². The normalized spacial score (nSPS) is 14.2. The van der Waals surface area contributed by atoms with Crippen LogP contribution in [0.4, 0.5) is 0 Å². The summed E-state index contributed by atoms with van der Waals surface area (Å²) in [6.45, 7) is 0. The van der Waals surface area contributed by atoms with Crippen molar-refractivity contribution in [3.05, 3.63) is 23.3 Å². The van der Waals surface area contributed by atoms with Gasteiger partial charge in [-0.3, -0.25) is 4.79 Å². The van der Waals surface area contributed by atoms with Gasteiger partial charge in [0.15, 0.2) is 11.5 Å². The van der Waals surface area contributed by atoms with Crippen molar-refractivity contribution in [2.45, 2.75) is 18.9 Å². The fourth-order valence-electron chi connectivity index (χ4n) is 1.80. The Balaban J connectivity index is 2.32. The van der Waals surface area contributed by atoms with E-state index in [-0.39, 0.29) is 28.9 Å². The van der Waals surface area contributed by atoms with Crippen LogP contribution in [0.25, 0.3) is 6.08 Å². The minimum Gasteiger partial charge on any atom is -0.502 e. The second-order valence-corrected chi connectivity index (χ2v) is 4.69. The lowest BCUT2D eigenvalue weighted by Crippen LogP contribution is -2.26. The molecule has 1 fully saturated rings. The van der Waals surface area contributed by atoms with E-state index in [1.165, 1.54) is 32.4 Å². The Morgan fingerprint density at radius 3 is 2.38 bits per heavy atom. The van der Waals surface area contributed by atoms with Crippen molar-refractivity contribution in [1.29, 1.82) is 5.26 Å². The zero-order chi connectivity index (χ0) is 15.4. The van der Waals surface area contributed by atoms with Gasteiger partial charge in [0, 0.05) is 6.04 Å². The van der Waals surface area contributed by atoms with Gasteiger partial charge in [-0.25, -0.2) is 0 Å². The average Bonchev–Trinajstić information content (AvgIpc) is 3.29. The summed E-state index contributed by atoms with van der Waals surface area (Å²) in [7, 11) is 2.82. The first-order valence-corrected chi connectivity index (χ1v) is 6.46. The molecule has 0 saturated heterocycles. The molecule has 110 valence electrons. The van der Waals surface area contributed by atoms with Gasteiger partial charge in [0.2, 0.25) is 5.75 Å². The number of hydrogen-bond acceptors (Lipinski definition) is 5. The lowest BCUT2D eigenvalue weighted by Gasteiger charge is -2.09. The summed E-state index contributed by atoms with van der Waals surface area (Å²) in [6, 6.07) is 5.11. The molecule has 6 nitrogen and oxygen atoms in total. The maximum Gasteiger partial charge on any atom is 0.262 e. The number of nitriles is 1. The molecule has 0 unspecified atom stereocenters. The number of amides is 1. The number of nitrogens with zero attached hydrogens (tertiary/aromatic N) is 1. The molecule has 1 aromatic rings. The Morgan fingerprint density at radius 2 is 1.95 bits per heavy atom. The minimum atomic E-state index is -0.397. The Labute approximate surface area is 122 Å². The molecule has 2 N–H and O–H groups in total. The molecule has 0 atom stereocenters. The molecule has 0 bridgehead atoms. The maximum absolute atomic E-state index is 11.9. The molecule has 2 rings (SSSR count). The summed E-state index contributed by atoms with van der Waals surface area (Å²) >= 11 is 0. The number of carbonyl (C=O) groups is 1. The van der Waals surface area contributed by atoms with Gasteiger partial charge in [0.05, 0.1) is 14.2 Å². The fraction of sp³-hybridized carbons (Fsp3) is 0.333. The second kappa shape index (κ2) is 6.18. The van der Waals surface area contributed by atoms with Crippen LogP contribution >= 0.6 is 0 Å². The number of rotatable bonds is 5. The molecule has 0 aliphatic heterocycles. The SMILES string of the molecule is COc1cc(C=C(C#N)C(=O)NC2CC2)cc(OC)c1O. The van der Waals surface area contributed by atoms with Gasteiger partial charge in [-0.1, -0.05) is 0 Å². The number of methoxy groups -OCH3 is 2. The predicted octanol–water partition coefficient (Wildman–Crippen LogP) is 1.59. The van der Waals surface area contributed by atoms with Crippen LogP contribution in [0.3, 0.4) is 0 Å². The molecular weight excluding hydrogens is 272 g/mol. The third-order valence-electron chi connectivity index (χ3n) is 3.09. The van der Waals surface area contributed by atoms with E-state index < -0.39 is 5.91 Å². The summed E-state index contributed by atoms with van der Waals surface area (Å²) in [5.74, 6) is -0.106. The number of aromatic hydroxyl groups is 1. The summed E-state index contributed by atoms with van der Waals surface area (Å²) in [6.07, 6.45) is 3.33. The number of phenolic OH excluding ortho intramolecular Hbond substituents is 1. The van der Waals surface area contributed by atoms with Crippen molar-refractivity contribution in [3.8, 4) is 23.3 Å². The van der Waals surface area contributed by atoms with Gasteiger partial charge in [-0.15, -0.1) is 0 Å². The van der Waals surface area contributed by atoms with Crippen LogP contribution in [0.2, 0.25) is 0 Å². The lowest BCUT2D eigenvalue weighted by molar-refractivity contribution is -0.117. The van der Waals surface area contributed by atoms with E-state index in [0.29, 0.717) is 5.56 Å². The van der Waals surface area contributed by atoms with E-state index >= 15 is 0 Å². The monoisotopic (exact) mass is 288 g/mol. The molecule has 1 aliphatic carbocycles. The Kier molecular flexibility index (Phi) is 4.33. The molecule has 0 heterocycles. The quantitative estimate of drug-likeness (QED) is 0.634. The van der Waals surface area contributed by atoms with Crippen LogP contribution in [0, 0.1) is 11.3 Å². The maximum atomic E-state index is 11.9. The predicted molar refractivity (Wildman–Crippen MR) is 76.0 cm³/mol. The van der Waals surface area contributed by atoms with Crippen molar-refractivity contribution in [2.24, 2.45) is 0 Å². The Bertz CT molecular complexity index is 602. The highest BCUT2D eigenvalue weighted by Gasteiger charge is 2.24. The van der Waals surface area contributed by atoms with Crippen LogP contribution in [0.1, 0.15) is 18.4 Å². The number of benzene rings is 1. The van der Waals surface area contributed by atoms with E-state index in [1.807, 2.05) is 6.07 Å². The molecule has 0 radical (unpaired) electrons. The first kappa shape index (κ1) is 14.7. The largest absolute Gasteiger partial charge is 0.502 e. The third kappa shape index (κ3) is 3.45. The molecule has 6 heteroatoms. The van der Waals surface area contributed by atoms with Crippen LogP contribution in [0.15, 0.2) is 17.7 Å². The van der Waals surface area contributed by atoms with Crippen molar-refractivity contribution in [1.82, 2.24) is 5.32 Å². The topological polar surface area (TPSA) is 91.6 Å². The van der Waals surface area contributed by atoms with Gasteiger partial charge >= 0.3 is 0 Å². The molecule has 21 heavy (non-hydrogen) atoms. The highest BCUT2D eigenvalue weighted by atomic mass is 16.5. The summed E-state index contributed by atoms with van der Waals surface area (Å²) < 4.78 is 10.1. The van der Waals surface area contributed by atoms with Gasteiger partial charge in [-0.2, -0.15) is 5.26 Å². The van der Waals surface area contributed by atoms with Crippen LogP contribution < -0.4 is 14.8 Å².